The number of nitrogens with zero attached hydrogens (tertiary/aromatic N) is 1. The third-order valence-corrected chi connectivity index (χ3v) is 2.60. The molecule has 1 atom stereocenters. The Hall–Kier alpha value is -0.0800. The van der Waals surface area contributed by atoms with Gasteiger partial charge in [-0.15, -0.1) is 0 Å². The van der Waals surface area contributed by atoms with Crippen LogP contribution in [0.15, 0.2) is 0 Å². The predicted molar refractivity (Wildman–Crippen MR) is 55.9 cm³/mol. The Bertz CT molecular complexity index is 132. The van der Waals surface area contributed by atoms with Crippen LogP contribution in [0.4, 0.5) is 0 Å². The summed E-state index contributed by atoms with van der Waals surface area (Å²) in [4.78, 5) is 2.51. The molecule has 78 valence electrons. The van der Waals surface area contributed by atoms with Crippen molar-refractivity contribution in [3.8, 4) is 0 Å². The van der Waals surface area contributed by atoms with E-state index in [1.54, 1.807) is 0 Å². The zero-order chi connectivity index (χ0) is 9.68. The lowest BCUT2D eigenvalue weighted by molar-refractivity contribution is 0.0366. The molecule has 0 aliphatic carbocycles. The molecule has 0 aromatic heterocycles. The fraction of sp³-hybridized carbons (Fsp3) is 1.00. The van der Waals surface area contributed by atoms with Gasteiger partial charge in [0.1, 0.15) is 0 Å². The van der Waals surface area contributed by atoms with Crippen LogP contribution in [0.2, 0.25) is 0 Å². The first kappa shape index (κ1) is 11.0. The highest BCUT2D eigenvalue weighted by molar-refractivity contribution is 4.76. The van der Waals surface area contributed by atoms with Crippen LogP contribution in [0.25, 0.3) is 0 Å². The maximum absolute atomic E-state index is 5.61. The van der Waals surface area contributed by atoms with E-state index in [1.807, 2.05) is 0 Å². The van der Waals surface area contributed by atoms with Gasteiger partial charge >= 0.3 is 0 Å². The summed E-state index contributed by atoms with van der Waals surface area (Å²) in [5.74, 6) is 0.923. The van der Waals surface area contributed by atoms with Gasteiger partial charge in [0.15, 0.2) is 0 Å². The standard InChI is InChI=1S/C11H23NO/c1-4-7-13-11(3)5-6-12-8-10(2)9-12/h10-11H,4-9H2,1-3H3. The van der Waals surface area contributed by atoms with Crippen LogP contribution in [0.1, 0.15) is 33.6 Å². The summed E-state index contributed by atoms with van der Waals surface area (Å²) >= 11 is 0. The van der Waals surface area contributed by atoms with Crippen LogP contribution in [-0.2, 0) is 4.74 Å². The molecular formula is C11H23NO. The molecule has 0 spiro atoms. The van der Waals surface area contributed by atoms with E-state index in [2.05, 4.69) is 25.7 Å². The van der Waals surface area contributed by atoms with E-state index < -0.39 is 0 Å². The van der Waals surface area contributed by atoms with Gasteiger partial charge in [-0.25, -0.2) is 0 Å². The molecule has 13 heavy (non-hydrogen) atoms. The summed E-state index contributed by atoms with van der Waals surface area (Å²) in [7, 11) is 0. The minimum absolute atomic E-state index is 0.441. The van der Waals surface area contributed by atoms with Crippen molar-refractivity contribution in [3.63, 3.8) is 0 Å². The van der Waals surface area contributed by atoms with E-state index in [4.69, 9.17) is 4.74 Å². The zero-order valence-corrected chi connectivity index (χ0v) is 9.25. The first-order chi connectivity index (χ1) is 6.22. The Morgan fingerprint density at radius 1 is 1.46 bits per heavy atom. The average Bonchev–Trinajstić information content (AvgIpc) is 2.07. The lowest BCUT2D eigenvalue weighted by atomic mass is 10.0. The highest BCUT2D eigenvalue weighted by Crippen LogP contribution is 2.14. The zero-order valence-electron chi connectivity index (χ0n) is 9.25. The smallest absolute Gasteiger partial charge is 0.0559 e. The van der Waals surface area contributed by atoms with Crippen molar-refractivity contribution in [1.29, 1.82) is 0 Å². The van der Waals surface area contributed by atoms with Gasteiger partial charge in [0.25, 0.3) is 0 Å². The fourth-order valence-electron chi connectivity index (χ4n) is 1.78. The largest absolute Gasteiger partial charge is 0.378 e. The molecule has 1 fully saturated rings. The molecule has 0 amide bonds. The predicted octanol–water partition coefficient (Wildman–Crippen LogP) is 2.14. The van der Waals surface area contributed by atoms with Crippen LogP contribution >= 0.6 is 0 Å². The molecule has 2 heteroatoms. The summed E-state index contributed by atoms with van der Waals surface area (Å²) in [6.07, 6.45) is 2.76. The second-order valence-corrected chi connectivity index (χ2v) is 4.33. The van der Waals surface area contributed by atoms with Gasteiger partial charge < -0.3 is 9.64 Å². The lowest BCUT2D eigenvalue weighted by Crippen LogP contribution is -2.46. The second kappa shape index (κ2) is 5.61. The average molecular weight is 185 g/mol. The van der Waals surface area contributed by atoms with E-state index >= 15 is 0 Å². The van der Waals surface area contributed by atoms with Gasteiger partial charge in [0.05, 0.1) is 6.10 Å². The first-order valence-electron chi connectivity index (χ1n) is 5.56. The van der Waals surface area contributed by atoms with Crippen molar-refractivity contribution in [2.45, 2.75) is 39.7 Å². The molecule has 1 heterocycles. The van der Waals surface area contributed by atoms with Crippen LogP contribution in [-0.4, -0.2) is 37.2 Å². The SMILES string of the molecule is CCCOC(C)CCN1CC(C)C1. The summed E-state index contributed by atoms with van der Waals surface area (Å²) in [6, 6.07) is 0. The second-order valence-electron chi connectivity index (χ2n) is 4.33. The van der Waals surface area contributed by atoms with Crippen molar-refractivity contribution in [3.05, 3.63) is 0 Å². The molecule has 2 nitrogen and oxygen atoms in total. The Morgan fingerprint density at radius 2 is 2.15 bits per heavy atom. The Labute approximate surface area is 82.3 Å². The quantitative estimate of drug-likeness (QED) is 0.628. The molecule has 0 radical (unpaired) electrons. The van der Waals surface area contributed by atoms with Gasteiger partial charge in [-0.2, -0.15) is 0 Å². The van der Waals surface area contributed by atoms with Gasteiger partial charge in [-0.05, 0) is 25.7 Å². The van der Waals surface area contributed by atoms with Crippen LogP contribution in [0, 0.1) is 5.92 Å². The molecule has 0 aromatic carbocycles. The molecule has 0 aromatic rings. The van der Waals surface area contributed by atoms with E-state index in [9.17, 15) is 0 Å². The van der Waals surface area contributed by atoms with Crippen molar-refractivity contribution in [2.75, 3.05) is 26.2 Å². The molecule has 1 aliphatic heterocycles. The minimum atomic E-state index is 0.441. The molecule has 0 N–H and O–H groups in total. The normalized spacial score (nSPS) is 21.5. The molecule has 0 saturated carbocycles. The maximum Gasteiger partial charge on any atom is 0.0559 e. The molecule has 1 saturated heterocycles. The highest BCUT2D eigenvalue weighted by Gasteiger charge is 2.21. The topological polar surface area (TPSA) is 12.5 Å². The molecule has 0 bridgehead atoms. The number of likely N-dealkylation sites (tertiary alicyclic amines) is 1. The monoisotopic (exact) mass is 185 g/mol. The number of hydrogen-bond acceptors (Lipinski definition) is 2. The highest BCUT2D eigenvalue weighted by atomic mass is 16.5. The van der Waals surface area contributed by atoms with E-state index in [1.165, 1.54) is 26.1 Å². The third kappa shape index (κ3) is 4.10. The lowest BCUT2D eigenvalue weighted by Gasteiger charge is -2.37. The van der Waals surface area contributed by atoms with Gasteiger partial charge in [-0.1, -0.05) is 13.8 Å². The van der Waals surface area contributed by atoms with Gasteiger partial charge in [0, 0.05) is 26.2 Å². The number of rotatable bonds is 6. The Balaban J connectivity index is 1.92. The number of ether oxygens (including phenoxy) is 1. The summed E-state index contributed by atoms with van der Waals surface area (Å²) in [5.41, 5.74) is 0. The van der Waals surface area contributed by atoms with Crippen molar-refractivity contribution < 1.29 is 4.74 Å². The summed E-state index contributed by atoms with van der Waals surface area (Å²) in [6.45, 7) is 11.4. The van der Waals surface area contributed by atoms with Crippen molar-refractivity contribution in [2.24, 2.45) is 5.92 Å². The Morgan fingerprint density at radius 3 is 2.69 bits per heavy atom. The summed E-state index contributed by atoms with van der Waals surface area (Å²) in [5, 5.41) is 0. The maximum atomic E-state index is 5.61. The van der Waals surface area contributed by atoms with Gasteiger partial charge in [-0.3, -0.25) is 0 Å². The molecular weight excluding hydrogens is 162 g/mol. The van der Waals surface area contributed by atoms with E-state index in [0.29, 0.717) is 6.10 Å². The molecule has 1 aliphatic rings. The van der Waals surface area contributed by atoms with E-state index in [0.717, 1.165) is 18.9 Å². The number of hydrogen-bond donors (Lipinski definition) is 0. The summed E-state index contributed by atoms with van der Waals surface area (Å²) < 4.78 is 5.61. The van der Waals surface area contributed by atoms with E-state index in [-0.39, 0.29) is 0 Å². The molecule has 1 rings (SSSR count). The molecule has 1 unspecified atom stereocenters. The third-order valence-electron chi connectivity index (χ3n) is 2.60. The Kier molecular flexibility index (Phi) is 4.74. The van der Waals surface area contributed by atoms with Crippen LogP contribution < -0.4 is 0 Å². The fourth-order valence-corrected chi connectivity index (χ4v) is 1.78. The van der Waals surface area contributed by atoms with Crippen LogP contribution in [0.5, 0.6) is 0 Å². The van der Waals surface area contributed by atoms with Crippen molar-refractivity contribution >= 4 is 0 Å². The minimum Gasteiger partial charge on any atom is -0.378 e. The van der Waals surface area contributed by atoms with Crippen molar-refractivity contribution in [1.82, 2.24) is 4.90 Å². The first-order valence-corrected chi connectivity index (χ1v) is 5.56. The van der Waals surface area contributed by atoms with Crippen LogP contribution in [0.3, 0.4) is 0 Å². The van der Waals surface area contributed by atoms with Gasteiger partial charge in [0.2, 0.25) is 0 Å².